The number of rotatable bonds is 3. The molecule has 1 aromatic carbocycles. The van der Waals surface area contributed by atoms with E-state index in [1.807, 2.05) is 54.8 Å². The zero-order chi connectivity index (χ0) is 19.1. The predicted molar refractivity (Wildman–Crippen MR) is 113 cm³/mol. The summed E-state index contributed by atoms with van der Waals surface area (Å²) in [5, 5.41) is 1.95. The summed E-state index contributed by atoms with van der Waals surface area (Å²) in [5.74, 6) is 0. The van der Waals surface area contributed by atoms with E-state index in [1.54, 1.807) is 33.8 Å². The molecule has 3 aromatic heterocycles. The van der Waals surface area contributed by atoms with Gasteiger partial charge in [-0.3, -0.25) is 18.8 Å². The van der Waals surface area contributed by atoms with E-state index in [2.05, 4.69) is 0 Å². The molecule has 0 fully saturated rings. The second-order valence-corrected chi connectivity index (χ2v) is 8.56. The highest BCUT2D eigenvalue weighted by Gasteiger charge is 2.20. The minimum absolute atomic E-state index is 0.273. The second-order valence-electron chi connectivity index (χ2n) is 5.94. The fraction of sp³-hybridized carbons (Fsp3) is 0.105. The van der Waals surface area contributed by atoms with Crippen LogP contribution in [0.25, 0.3) is 21.1 Å². The van der Waals surface area contributed by atoms with Gasteiger partial charge in [0.25, 0.3) is 11.1 Å². The number of para-hydroxylation sites is 1. The average Bonchev–Trinajstić information content (AvgIpc) is 3.25. The molecule has 0 unspecified atom stereocenters. The third-order valence-corrected chi connectivity index (χ3v) is 6.75. The highest BCUT2D eigenvalue weighted by Crippen LogP contribution is 2.28. The molecule has 0 saturated heterocycles. The molecule has 0 radical (unpaired) electrons. The van der Waals surface area contributed by atoms with Crippen molar-refractivity contribution in [1.29, 1.82) is 0 Å². The molecule has 0 aliphatic carbocycles. The van der Waals surface area contributed by atoms with Crippen LogP contribution >= 0.6 is 34.9 Å². The normalized spacial score (nSPS) is 11.0. The average molecular weight is 414 g/mol. The van der Waals surface area contributed by atoms with Crippen LogP contribution in [-0.2, 0) is 7.05 Å². The summed E-state index contributed by atoms with van der Waals surface area (Å²) in [6.07, 6.45) is 0. The van der Waals surface area contributed by atoms with Gasteiger partial charge in [0.05, 0.1) is 16.3 Å². The van der Waals surface area contributed by atoms with E-state index >= 15 is 0 Å². The van der Waals surface area contributed by atoms with Crippen LogP contribution in [-0.4, -0.2) is 13.9 Å². The van der Waals surface area contributed by atoms with Gasteiger partial charge < -0.3 is 0 Å². The molecule has 4 aromatic rings. The maximum atomic E-state index is 13.2. The summed E-state index contributed by atoms with van der Waals surface area (Å²) in [6.45, 7) is 1.81. The van der Waals surface area contributed by atoms with Crippen molar-refractivity contribution in [2.75, 3.05) is 0 Å². The first-order valence-electron chi connectivity index (χ1n) is 8.14. The number of aromatic nitrogens is 3. The monoisotopic (exact) mass is 413 g/mol. The van der Waals surface area contributed by atoms with Gasteiger partial charge in [-0.05, 0) is 42.7 Å². The minimum Gasteiger partial charge on any atom is -0.283 e. The molecule has 136 valence electrons. The molecular formula is C19H15N3O2S3. The summed E-state index contributed by atoms with van der Waals surface area (Å²) in [6, 6.07) is 14.8. The van der Waals surface area contributed by atoms with Crippen molar-refractivity contribution in [1.82, 2.24) is 13.9 Å². The van der Waals surface area contributed by atoms with Gasteiger partial charge in [-0.25, -0.2) is 4.68 Å². The summed E-state index contributed by atoms with van der Waals surface area (Å²) in [7, 11) is 1.80. The molecule has 3 heterocycles. The van der Waals surface area contributed by atoms with Gasteiger partial charge in [-0.1, -0.05) is 24.3 Å². The molecule has 0 N–H and O–H groups in total. The molecule has 0 saturated carbocycles. The van der Waals surface area contributed by atoms with Gasteiger partial charge >= 0.3 is 0 Å². The van der Waals surface area contributed by atoms with Crippen LogP contribution in [0.5, 0.6) is 0 Å². The number of hydrogen-bond acceptors (Lipinski definition) is 5. The molecule has 27 heavy (non-hydrogen) atoms. The summed E-state index contributed by atoms with van der Waals surface area (Å²) in [5.41, 5.74) is 1.13. The lowest BCUT2D eigenvalue weighted by Gasteiger charge is -2.07. The molecule has 0 bridgehead atoms. The Balaban J connectivity index is 1.97. The standard InChI is InChI=1S/C19H15N3O2S3/c1-12-17(18(24)22(20(12)2)13-7-4-3-5-8-13)21-16(23)11-15(27-19(21)25)14-9-6-10-26-14/h3-11H,1-2H3. The largest absolute Gasteiger partial charge is 0.296 e. The number of hydrogen-bond donors (Lipinski definition) is 0. The van der Waals surface area contributed by atoms with Crippen LogP contribution in [0, 0.1) is 10.9 Å². The van der Waals surface area contributed by atoms with Gasteiger partial charge in [-0.2, -0.15) is 0 Å². The topological polar surface area (TPSA) is 48.9 Å². The highest BCUT2D eigenvalue weighted by molar-refractivity contribution is 7.73. The summed E-state index contributed by atoms with van der Waals surface area (Å²) in [4.78, 5) is 27.8. The predicted octanol–water partition coefficient (Wildman–Crippen LogP) is 4.15. The van der Waals surface area contributed by atoms with Gasteiger partial charge in [0, 0.05) is 18.0 Å². The Bertz CT molecular complexity index is 1260. The van der Waals surface area contributed by atoms with E-state index in [-0.39, 0.29) is 11.1 Å². The molecule has 5 nitrogen and oxygen atoms in total. The van der Waals surface area contributed by atoms with E-state index < -0.39 is 0 Å². The molecule has 0 spiro atoms. The van der Waals surface area contributed by atoms with Crippen molar-refractivity contribution in [3.8, 4) is 21.1 Å². The Morgan fingerprint density at radius 2 is 1.74 bits per heavy atom. The number of thiophene rings is 1. The Morgan fingerprint density at radius 3 is 2.37 bits per heavy atom. The third kappa shape index (κ3) is 2.95. The Morgan fingerprint density at radius 1 is 1.00 bits per heavy atom. The molecule has 0 atom stereocenters. The van der Waals surface area contributed by atoms with Crippen molar-refractivity contribution in [2.45, 2.75) is 6.92 Å². The lowest BCUT2D eigenvalue weighted by Crippen LogP contribution is -2.26. The van der Waals surface area contributed by atoms with Crippen LogP contribution < -0.4 is 11.1 Å². The fourth-order valence-corrected chi connectivity index (χ4v) is 5.13. The van der Waals surface area contributed by atoms with E-state index in [0.717, 1.165) is 15.4 Å². The lowest BCUT2D eigenvalue weighted by molar-refractivity contribution is 0.630. The SMILES string of the molecule is Cc1c(-n2c(=O)cc(-c3cccs3)sc2=S)c(=O)n(-c2ccccc2)n1C. The molecule has 0 aliphatic heterocycles. The maximum absolute atomic E-state index is 13.2. The van der Waals surface area contributed by atoms with Gasteiger partial charge in [0.2, 0.25) is 0 Å². The molecular weight excluding hydrogens is 398 g/mol. The Hall–Kier alpha value is -2.55. The Kier molecular flexibility index (Phi) is 4.55. The van der Waals surface area contributed by atoms with E-state index in [4.69, 9.17) is 12.2 Å². The van der Waals surface area contributed by atoms with Crippen molar-refractivity contribution < 1.29 is 0 Å². The van der Waals surface area contributed by atoms with E-state index in [0.29, 0.717) is 15.3 Å². The first-order valence-corrected chi connectivity index (χ1v) is 10.2. The van der Waals surface area contributed by atoms with Gasteiger partial charge in [-0.15, -0.1) is 22.7 Å². The quantitative estimate of drug-likeness (QED) is 0.474. The van der Waals surface area contributed by atoms with Crippen LogP contribution in [0.4, 0.5) is 0 Å². The smallest absolute Gasteiger partial charge is 0.283 e. The Labute approximate surface area is 168 Å². The summed E-state index contributed by atoms with van der Waals surface area (Å²) >= 11 is 8.38. The molecule has 4 rings (SSSR count). The van der Waals surface area contributed by atoms with Crippen LogP contribution in [0.1, 0.15) is 5.69 Å². The van der Waals surface area contributed by atoms with E-state index in [9.17, 15) is 9.59 Å². The molecule has 8 heteroatoms. The third-order valence-electron chi connectivity index (χ3n) is 4.37. The zero-order valence-electron chi connectivity index (χ0n) is 14.6. The first kappa shape index (κ1) is 17.8. The van der Waals surface area contributed by atoms with E-state index in [1.165, 1.54) is 15.9 Å². The maximum Gasteiger partial charge on any atom is 0.296 e. The number of nitrogens with zero attached hydrogens (tertiary/aromatic N) is 3. The number of benzene rings is 1. The fourth-order valence-electron chi connectivity index (χ4n) is 2.99. The minimum atomic E-state index is -0.298. The highest BCUT2D eigenvalue weighted by atomic mass is 32.1. The second kappa shape index (κ2) is 6.88. The first-order chi connectivity index (χ1) is 13.0. The van der Waals surface area contributed by atoms with Crippen molar-refractivity contribution in [2.24, 2.45) is 7.05 Å². The van der Waals surface area contributed by atoms with Crippen LogP contribution in [0.15, 0.2) is 63.5 Å². The van der Waals surface area contributed by atoms with Crippen molar-refractivity contribution in [3.05, 3.63) is 84.3 Å². The van der Waals surface area contributed by atoms with Crippen molar-refractivity contribution >= 4 is 34.9 Å². The summed E-state index contributed by atoms with van der Waals surface area (Å²) < 4.78 is 4.99. The zero-order valence-corrected chi connectivity index (χ0v) is 17.0. The van der Waals surface area contributed by atoms with Gasteiger partial charge in [0.1, 0.15) is 5.69 Å². The molecule has 0 aliphatic rings. The van der Waals surface area contributed by atoms with Crippen LogP contribution in [0.2, 0.25) is 0 Å². The lowest BCUT2D eigenvalue weighted by atomic mass is 10.3. The van der Waals surface area contributed by atoms with Crippen molar-refractivity contribution in [3.63, 3.8) is 0 Å². The van der Waals surface area contributed by atoms with Crippen LogP contribution in [0.3, 0.4) is 0 Å². The van der Waals surface area contributed by atoms with Gasteiger partial charge in [0.15, 0.2) is 3.95 Å². The molecule has 0 amide bonds.